The van der Waals surface area contributed by atoms with Crippen LogP contribution in [0.4, 0.5) is 0 Å². The molecule has 0 atom stereocenters. The largest absolute Gasteiger partial charge is 0.491 e. The Morgan fingerprint density at radius 2 is 1.86 bits per heavy atom. The van der Waals surface area contributed by atoms with Crippen molar-refractivity contribution in [2.45, 2.75) is 45.1 Å². The maximum Gasteiger partial charge on any atom is 0.173 e. The molecule has 0 saturated heterocycles. The molecule has 0 spiro atoms. The highest BCUT2D eigenvalue weighted by atomic mass is 16.5. The van der Waals surface area contributed by atoms with Gasteiger partial charge >= 0.3 is 0 Å². The van der Waals surface area contributed by atoms with Crippen LogP contribution < -0.4 is 0 Å². The second-order valence-electron chi connectivity index (χ2n) is 4.54. The van der Waals surface area contributed by atoms with Gasteiger partial charge in [-0.3, -0.25) is 9.59 Å². The van der Waals surface area contributed by atoms with Gasteiger partial charge in [-0.25, -0.2) is 0 Å². The van der Waals surface area contributed by atoms with E-state index in [2.05, 4.69) is 0 Å². The predicted molar refractivity (Wildman–Crippen MR) is 50.7 cm³/mol. The normalized spacial score (nSPS) is 25.9. The molecule has 0 unspecified atom stereocenters. The van der Waals surface area contributed by atoms with Crippen LogP contribution in [0.2, 0.25) is 0 Å². The van der Waals surface area contributed by atoms with Gasteiger partial charge in [-0.05, 0) is 20.3 Å². The van der Waals surface area contributed by atoms with E-state index in [1.807, 2.05) is 13.8 Å². The number of hydrogen-bond acceptors (Lipinski definition) is 3. The summed E-state index contributed by atoms with van der Waals surface area (Å²) in [6.45, 7) is 3.77. The zero-order chi connectivity index (χ0) is 10.3. The summed E-state index contributed by atoms with van der Waals surface area (Å²) in [6, 6.07) is 0. The van der Waals surface area contributed by atoms with E-state index in [1.165, 1.54) is 0 Å². The molecule has 14 heavy (non-hydrogen) atoms. The summed E-state index contributed by atoms with van der Waals surface area (Å²) in [4.78, 5) is 23.2. The summed E-state index contributed by atoms with van der Waals surface area (Å²) in [5.41, 5.74) is -0.0938. The quantitative estimate of drug-likeness (QED) is 0.552. The van der Waals surface area contributed by atoms with Crippen LogP contribution in [0.5, 0.6) is 0 Å². The number of hydrogen-bond donors (Lipinski definition) is 0. The van der Waals surface area contributed by atoms with Crippen LogP contribution in [-0.2, 0) is 14.3 Å². The van der Waals surface area contributed by atoms with Gasteiger partial charge in [-0.2, -0.15) is 0 Å². The number of Topliss-reactive ketones (excluding diaryl/α,β-unsaturated/α-hetero) is 2. The number of ketones is 2. The monoisotopic (exact) mass is 194 g/mol. The van der Waals surface area contributed by atoms with Crippen LogP contribution in [0.15, 0.2) is 11.3 Å². The van der Waals surface area contributed by atoms with Crippen molar-refractivity contribution < 1.29 is 14.3 Å². The summed E-state index contributed by atoms with van der Waals surface area (Å²) < 4.78 is 5.66. The second-order valence-corrected chi connectivity index (χ2v) is 4.54. The van der Waals surface area contributed by atoms with E-state index in [0.29, 0.717) is 24.2 Å². The number of allylic oxidation sites excluding steroid dienone is 2. The van der Waals surface area contributed by atoms with E-state index in [4.69, 9.17) is 4.74 Å². The fraction of sp³-hybridized carbons (Fsp3) is 0.636. The highest BCUT2D eigenvalue weighted by Gasteiger charge is 2.38. The maximum absolute atomic E-state index is 11.7. The van der Waals surface area contributed by atoms with E-state index in [9.17, 15) is 9.59 Å². The highest BCUT2D eigenvalue weighted by molar-refractivity contribution is 6.21. The molecule has 0 aromatic rings. The summed E-state index contributed by atoms with van der Waals surface area (Å²) in [5, 5.41) is 0. The van der Waals surface area contributed by atoms with Crippen LogP contribution in [0, 0.1) is 0 Å². The molecular formula is C11H14O3. The topological polar surface area (TPSA) is 43.4 Å². The van der Waals surface area contributed by atoms with Crippen molar-refractivity contribution in [1.29, 1.82) is 0 Å². The molecule has 0 aromatic heterocycles. The molecule has 2 aliphatic rings. The fourth-order valence-electron chi connectivity index (χ4n) is 2.07. The zero-order valence-corrected chi connectivity index (χ0v) is 8.55. The Morgan fingerprint density at radius 1 is 1.14 bits per heavy atom. The SMILES string of the molecule is CC1(C)CC(=O)C2=C(CCCC2=O)O1. The molecule has 1 aliphatic carbocycles. The molecule has 3 heteroatoms. The minimum atomic E-state index is -0.437. The average molecular weight is 194 g/mol. The Morgan fingerprint density at radius 3 is 2.57 bits per heavy atom. The number of rotatable bonds is 0. The van der Waals surface area contributed by atoms with Gasteiger partial charge in [0.05, 0.1) is 12.0 Å². The highest BCUT2D eigenvalue weighted by Crippen LogP contribution is 2.35. The Hall–Kier alpha value is -1.12. The summed E-state index contributed by atoms with van der Waals surface area (Å²) in [7, 11) is 0. The molecule has 0 radical (unpaired) electrons. The third kappa shape index (κ3) is 1.47. The second kappa shape index (κ2) is 2.94. The van der Waals surface area contributed by atoms with Crippen LogP contribution in [0.25, 0.3) is 0 Å². The lowest BCUT2D eigenvalue weighted by Crippen LogP contribution is -2.37. The Labute approximate surface area is 83.1 Å². The van der Waals surface area contributed by atoms with Crippen LogP contribution in [0.3, 0.4) is 0 Å². The van der Waals surface area contributed by atoms with Crippen molar-refractivity contribution in [3.63, 3.8) is 0 Å². The lowest BCUT2D eigenvalue weighted by atomic mass is 9.85. The van der Waals surface area contributed by atoms with Gasteiger partial charge in [-0.1, -0.05) is 0 Å². The van der Waals surface area contributed by atoms with Gasteiger partial charge in [-0.15, -0.1) is 0 Å². The third-order valence-corrected chi connectivity index (χ3v) is 2.63. The van der Waals surface area contributed by atoms with E-state index in [0.717, 1.165) is 12.8 Å². The first-order chi connectivity index (χ1) is 6.49. The first-order valence-corrected chi connectivity index (χ1v) is 4.98. The van der Waals surface area contributed by atoms with E-state index in [1.54, 1.807) is 0 Å². The van der Waals surface area contributed by atoms with E-state index in [-0.39, 0.29) is 11.6 Å². The van der Waals surface area contributed by atoms with Gasteiger partial charge in [0.1, 0.15) is 11.4 Å². The molecule has 0 N–H and O–H groups in total. The molecule has 0 saturated carbocycles. The molecule has 0 amide bonds. The molecule has 0 aromatic carbocycles. The molecule has 1 aliphatic heterocycles. The molecule has 1 heterocycles. The number of carbonyl (C=O) groups is 2. The van der Waals surface area contributed by atoms with Crippen molar-refractivity contribution in [2.24, 2.45) is 0 Å². The van der Waals surface area contributed by atoms with Gasteiger partial charge in [0.25, 0.3) is 0 Å². The van der Waals surface area contributed by atoms with Gasteiger partial charge < -0.3 is 4.74 Å². The minimum absolute atomic E-state index is 0.0354. The van der Waals surface area contributed by atoms with Crippen molar-refractivity contribution in [3.8, 4) is 0 Å². The van der Waals surface area contributed by atoms with Crippen LogP contribution in [-0.4, -0.2) is 17.2 Å². The molecule has 2 rings (SSSR count). The number of carbonyl (C=O) groups excluding carboxylic acids is 2. The van der Waals surface area contributed by atoms with Gasteiger partial charge in [0.2, 0.25) is 0 Å². The molecule has 0 fully saturated rings. The summed E-state index contributed by atoms with van der Waals surface area (Å²) >= 11 is 0. The smallest absolute Gasteiger partial charge is 0.173 e. The standard InChI is InChI=1S/C11H14O3/c1-11(2)6-8(13)10-7(12)4-3-5-9(10)14-11/h3-6H2,1-2H3. The zero-order valence-electron chi connectivity index (χ0n) is 8.55. The average Bonchev–Trinajstić information content (AvgIpc) is 2.00. The Bertz CT molecular complexity index is 336. The Kier molecular flexibility index (Phi) is 1.98. The van der Waals surface area contributed by atoms with E-state index >= 15 is 0 Å². The van der Waals surface area contributed by atoms with Gasteiger partial charge in [0.15, 0.2) is 11.6 Å². The van der Waals surface area contributed by atoms with Crippen LogP contribution in [0.1, 0.15) is 39.5 Å². The van der Waals surface area contributed by atoms with Crippen molar-refractivity contribution in [3.05, 3.63) is 11.3 Å². The van der Waals surface area contributed by atoms with E-state index < -0.39 is 5.60 Å². The first-order valence-electron chi connectivity index (χ1n) is 4.98. The molecule has 0 bridgehead atoms. The minimum Gasteiger partial charge on any atom is -0.491 e. The summed E-state index contributed by atoms with van der Waals surface area (Å²) in [5.74, 6) is 0.551. The number of ether oxygens (including phenoxy) is 1. The van der Waals surface area contributed by atoms with Gasteiger partial charge in [0, 0.05) is 12.8 Å². The summed E-state index contributed by atoms with van der Waals surface area (Å²) in [6.07, 6.45) is 2.35. The first kappa shape index (κ1) is 9.44. The van der Waals surface area contributed by atoms with Crippen LogP contribution >= 0.6 is 0 Å². The van der Waals surface area contributed by atoms with Crippen molar-refractivity contribution in [2.75, 3.05) is 0 Å². The molecule has 3 nitrogen and oxygen atoms in total. The molecular weight excluding hydrogens is 180 g/mol. The maximum atomic E-state index is 11.7. The third-order valence-electron chi connectivity index (χ3n) is 2.63. The predicted octanol–water partition coefficient (Wildman–Crippen LogP) is 1.76. The van der Waals surface area contributed by atoms with Crippen molar-refractivity contribution in [1.82, 2.24) is 0 Å². The lowest BCUT2D eigenvalue weighted by molar-refractivity contribution is -0.129. The molecule has 76 valence electrons. The fourth-order valence-corrected chi connectivity index (χ4v) is 2.07. The van der Waals surface area contributed by atoms with Crippen molar-refractivity contribution >= 4 is 11.6 Å². The Balaban J connectivity index is 2.41. The lowest BCUT2D eigenvalue weighted by Gasteiger charge is -2.34.